The average molecular weight is 465 g/mol. The van der Waals surface area contributed by atoms with Crippen molar-refractivity contribution in [2.24, 2.45) is 11.8 Å². The molecule has 180 valence electrons. The summed E-state index contributed by atoms with van der Waals surface area (Å²) in [6, 6.07) is 16.0. The summed E-state index contributed by atoms with van der Waals surface area (Å²) >= 11 is 0. The van der Waals surface area contributed by atoms with E-state index in [1.54, 1.807) is 11.8 Å². The number of hydrogen-bond acceptors (Lipinski definition) is 4. The van der Waals surface area contributed by atoms with Crippen molar-refractivity contribution >= 4 is 18.0 Å². The van der Waals surface area contributed by atoms with Crippen LogP contribution in [0.5, 0.6) is 0 Å². The summed E-state index contributed by atoms with van der Waals surface area (Å²) < 4.78 is 5.61. The largest absolute Gasteiger partial charge is 0.481 e. The van der Waals surface area contributed by atoms with Crippen LogP contribution in [0.15, 0.2) is 48.5 Å². The third-order valence-corrected chi connectivity index (χ3v) is 7.19. The maximum Gasteiger partial charge on any atom is 0.407 e. The molecule has 2 aromatic carbocycles. The van der Waals surface area contributed by atoms with E-state index in [2.05, 4.69) is 29.6 Å². The van der Waals surface area contributed by atoms with Crippen molar-refractivity contribution in [1.82, 2.24) is 10.2 Å². The van der Waals surface area contributed by atoms with E-state index in [1.807, 2.05) is 31.2 Å². The van der Waals surface area contributed by atoms with E-state index in [1.165, 1.54) is 11.1 Å². The number of carbonyl (C=O) groups excluding carboxylic acids is 2. The molecule has 1 aliphatic heterocycles. The number of rotatable bonds is 8. The van der Waals surface area contributed by atoms with Gasteiger partial charge in [-0.3, -0.25) is 9.59 Å². The molecule has 1 heterocycles. The molecular weight excluding hydrogens is 432 g/mol. The maximum absolute atomic E-state index is 12.9. The van der Waals surface area contributed by atoms with Gasteiger partial charge >= 0.3 is 12.1 Å². The Bertz CT molecular complexity index is 1020. The zero-order valence-electron chi connectivity index (χ0n) is 19.7. The van der Waals surface area contributed by atoms with Gasteiger partial charge in [0.15, 0.2) is 0 Å². The fourth-order valence-corrected chi connectivity index (χ4v) is 5.05. The summed E-state index contributed by atoms with van der Waals surface area (Å²) in [6.07, 6.45) is 0.998. The van der Waals surface area contributed by atoms with Crippen LogP contribution in [0.4, 0.5) is 4.79 Å². The number of benzene rings is 2. The molecule has 7 nitrogen and oxygen atoms in total. The predicted octanol–water partition coefficient (Wildman–Crippen LogP) is 4.26. The lowest BCUT2D eigenvalue weighted by Crippen LogP contribution is -2.45. The Morgan fingerprint density at radius 2 is 1.68 bits per heavy atom. The van der Waals surface area contributed by atoms with E-state index in [0.717, 1.165) is 17.5 Å². The minimum absolute atomic E-state index is 0.0140. The summed E-state index contributed by atoms with van der Waals surface area (Å²) in [6.45, 7) is 5.05. The first-order valence-electron chi connectivity index (χ1n) is 12.0. The second-order valence-electron chi connectivity index (χ2n) is 9.42. The van der Waals surface area contributed by atoms with Crippen molar-refractivity contribution in [3.05, 3.63) is 59.7 Å². The second kappa shape index (κ2) is 10.3. The van der Waals surface area contributed by atoms with E-state index in [9.17, 15) is 14.4 Å². The number of carboxylic acid groups (broad SMARTS) is 1. The number of hydrogen-bond donors (Lipinski definition) is 2. The van der Waals surface area contributed by atoms with Gasteiger partial charge in [-0.2, -0.15) is 0 Å². The van der Waals surface area contributed by atoms with Gasteiger partial charge in [-0.05, 0) is 47.9 Å². The standard InChI is InChI=1S/C27H32N2O5/c1-17(26(32)29-14-13-19(15-29)11-12-25(30)31)18(2)28-27(33)34-16-24-22-9-5-3-7-20(22)21-8-4-6-10-23(21)24/h3-10,17-19,24H,11-16H2,1-2H3,(H,28,33)(H,30,31). The van der Waals surface area contributed by atoms with Crippen LogP contribution in [0.3, 0.4) is 0 Å². The van der Waals surface area contributed by atoms with Crippen molar-refractivity contribution in [3.8, 4) is 11.1 Å². The monoisotopic (exact) mass is 464 g/mol. The van der Waals surface area contributed by atoms with E-state index in [-0.39, 0.29) is 36.8 Å². The topological polar surface area (TPSA) is 95.9 Å². The van der Waals surface area contributed by atoms with Gasteiger partial charge in [-0.25, -0.2) is 4.79 Å². The molecule has 1 saturated heterocycles. The molecule has 0 saturated carbocycles. The number of ether oxygens (including phenoxy) is 1. The molecule has 34 heavy (non-hydrogen) atoms. The summed E-state index contributed by atoms with van der Waals surface area (Å²) in [4.78, 5) is 38.1. The molecule has 2 amide bonds. The number of likely N-dealkylation sites (tertiary alicyclic amines) is 1. The predicted molar refractivity (Wildman–Crippen MR) is 128 cm³/mol. The number of aliphatic carboxylic acids is 1. The van der Waals surface area contributed by atoms with Crippen LogP contribution in [0, 0.1) is 11.8 Å². The molecule has 1 aliphatic carbocycles. The van der Waals surface area contributed by atoms with Crippen molar-refractivity contribution in [3.63, 3.8) is 0 Å². The molecule has 0 radical (unpaired) electrons. The van der Waals surface area contributed by atoms with Gasteiger partial charge in [-0.1, -0.05) is 55.5 Å². The minimum atomic E-state index is -0.806. The lowest BCUT2D eigenvalue weighted by Gasteiger charge is -2.26. The van der Waals surface area contributed by atoms with Gasteiger partial charge in [-0.15, -0.1) is 0 Å². The molecule has 2 N–H and O–H groups in total. The summed E-state index contributed by atoms with van der Waals surface area (Å²) in [7, 11) is 0. The molecule has 1 fully saturated rings. The van der Waals surface area contributed by atoms with Crippen molar-refractivity contribution in [2.45, 2.75) is 45.1 Å². The molecule has 0 aromatic heterocycles. The third-order valence-electron chi connectivity index (χ3n) is 7.19. The van der Waals surface area contributed by atoms with Crippen LogP contribution >= 0.6 is 0 Å². The van der Waals surface area contributed by atoms with E-state index >= 15 is 0 Å². The van der Waals surface area contributed by atoms with E-state index < -0.39 is 18.0 Å². The van der Waals surface area contributed by atoms with Crippen molar-refractivity contribution < 1.29 is 24.2 Å². The molecule has 7 heteroatoms. The fourth-order valence-electron chi connectivity index (χ4n) is 5.05. The van der Waals surface area contributed by atoms with E-state index in [0.29, 0.717) is 19.5 Å². The van der Waals surface area contributed by atoms with Crippen LogP contribution in [0.1, 0.15) is 50.2 Å². The number of alkyl carbamates (subject to hydrolysis) is 1. The highest BCUT2D eigenvalue weighted by Crippen LogP contribution is 2.44. The Morgan fingerprint density at radius 3 is 2.29 bits per heavy atom. The highest BCUT2D eigenvalue weighted by Gasteiger charge is 2.33. The lowest BCUT2D eigenvalue weighted by atomic mass is 9.98. The summed E-state index contributed by atoms with van der Waals surface area (Å²) in [5, 5.41) is 11.7. The molecule has 3 unspecified atom stereocenters. The number of fused-ring (bicyclic) bond motifs is 3. The zero-order chi connectivity index (χ0) is 24.2. The van der Waals surface area contributed by atoms with Crippen LogP contribution in [0.25, 0.3) is 11.1 Å². The van der Waals surface area contributed by atoms with E-state index in [4.69, 9.17) is 9.84 Å². The quantitative estimate of drug-likeness (QED) is 0.609. The lowest BCUT2D eigenvalue weighted by molar-refractivity contribution is -0.137. The molecule has 0 bridgehead atoms. The van der Waals surface area contributed by atoms with Crippen LogP contribution in [0.2, 0.25) is 0 Å². The number of nitrogens with zero attached hydrogens (tertiary/aromatic N) is 1. The SMILES string of the molecule is CC(NC(=O)OCC1c2ccccc2-c2ccccc21)C(C)C(=O)N1CCC(CCC(=O)O)C1. The van der Waals surface area contributed by atoms with Gasteiger partial charge < -0.3 is 20.1 Å². The number of carbonyl (C=O) groups is 3. The Balaban J connectivity index is 1.29. The fraction of sp³-hybridized carbons (Fsp3) is 0.444. The number of nitrogens with one attached hydrogen (secondary N) is 1. The van der Waals surface area contributed by atoms with Crippen LogP contribution in [-0.2, 0) is 14.3 Å². The van der Waals surface area contributed by atoms with Crippen molar-refractivity contribution in [2.75, 3.05) is 19.7 Å². The minimum Gasteiger partial charge on any atom is -0.481 e. The highest BCUT2D eigenvalue weighted by atomic mass is 16.5. The first kappa shape index (κ1) is 23.8. The smallest absolute Gasteiger partial charge is 0.407 e. The van der Waals surface area contributed by atoms with Crippen LogP contribution in [-0.4, -0.2) is 53.7 Å². The molecule has 0 spiro atoms. The first-order chi connectivity index (χ1) is 16.3. The van der Waals surface area contributed by atoms with Crippen molar-refractivity contribution in [1.29, 1.82) is 0 Å². The maximum atomic E-state index is 12.9. The highest BCUT2D eigenvalue weighted by molar-refractivity contribution is 5.81. The number of carboxylic acids is 1. The molecule has 3 atom stereocenters. The molecule has 2 aromatic rings. The summed E-state index contributed by atoms with van der Waals surface area (Å²) in [5.41, 5.74) is 4.65. The Labute approximate surface area is 200 Å². The van der Waals surface area contributed by atoms with Crippen LogP contribution < -0.4 is 5.32 Å². The average Bonchev–Trinajstić information content (AvgIpc) is 3.43. The molecule has 4 rings (SSSR count). The molecule has 2 aliphatic rings. The van der Waals surface area contributed by atoms with Gasteiger partial charge in [0.1, 0.15) is 6.61 Å². The number of amides is 2. The Kier molecular flexibility index (Phi) is 7.20. The van der Waals surface area contributed by atoms with Gasteiger partial charge in [0.05, 0.1) is 5.92 Å². The second-order valence-corrected chi connectivity index (χ2v) is 9.42. The summed E-state index contributed by atoms with van der Waals surface area (Å²) in [5.74, 6) is -1.03. The normalized spacial score (nSPS) is 18.6. The first-order valence-corrected chi connectivity index (χ1v) is 12.0. The Hall–Kier alpha value is -3.35. The molecular formula is C27H32N2O5. The third kappa shape index (κ3) is 5.08. The zero-order valence-corrected chi connectivity index (χ0v) is 19.7. The van der Waals surface area contributed by atoms with Gasteiger partial charge in [0, 0.05) is 31.5 Å². The van der Waals surface area contributed by atoms with Gasteiger partial charge in [0.2, 0.25) is 5.91 Å². The Morgan fingerprint density at radius 1 is 1.06 bits per heavy atom. The van der Waals surface area contributed by atoms with Gasteiger partial charge in [0.25, 0.3) is 0 Å².